The molecule has 0 aromatic carbocycles. The fourth-order valence-corrected chi connectivity index (χ4v) is 7.88. The zero-order valence-electron chi connectivity index (χ0n) is 31.7. The molecule has 0 aromatic heterocycles. The third-order valence-corrected chi connectivity index (χ3v) is 11.5. The summed E-state index contributed by atoms with van der Waals surface area (Å²) in [5.41, 5.74) is 0. The fourth-order valence-electron chi connectivity index (χ4n) is 2.67. The summed E-state index contributed by atoms with van der Waals surface area (Å²) in [7, 11) is 9.90. The summed E-state index contributed by atoms with van der Waals surface area (Å²) in [5, 5.41) is 0. The van der Waals surface area contributed by atoms with Gasteiger partial charge in [-0.1, -0.05) is 0 Å². The van der Waals surface area contributed by atoms with Crippen molar-refractivity contribution in [3.8, 4) is 0 Å². The van der Waals surface area contributed by atoms with E-state index in [0.717, 1.165) is 85.7 Å². The van der Waals surface area contributed by atoms with Gasteiger partial charge in [-0.15, -0.1) is 35.3 Å². The van der Waals surface area contributed by atoms with Crippen molar-refractivity contribution in [3.63, 3.8) is 0 Å². The van der Waals surface area contributed by atoms with Crippen molar-refractivity contribution in [2.24, 2.45) is 0 Å². The van der Waals surface area contributed by atoms with E-state index in [-0.39, 0.29) is 0 Å². The van der Waals surface area contributed by atoms with E-state index in [1.807, 2.05) is 35.3 Å². The molecule has 0 fully saturated rings. The van der Waals surface area contributed by atoms with Gasteiger partial charge in [0.25, 0.3) is 6.47 Å². The van der Waals surface area contributed by atoms with Gasteiger partial charge in [0, 0.05) is 46.0 Å². The number of rotatable bonds is 39. The van der Waals surface area contributed by atoms with E-state index in [9.17, 15) is 4.79 Å². The van der Waals surface area contributed by atoms with Crippen LogP contribution in [0.4, 0.5) is 0 Å². The van der Waals surface area contributed by atoms with Crippen molar-refractivity contribution >= 4 is 122 Å². The molecule has 0 radical (unpaired) electrons. The molecule has 0 aromatic rings. The van der Waals surface area contributed by atoms with Crippen LogP contribution in [0.3, 0.4) is 0 Å². The van der Waals surface area contributed by atoms with Gasteiger partial charge in [-0.25, -0.2) is 0 Å². The van der Waals surface area contributed by atoms with Gasteiger partial charge in [-0.05, 0) is 25.7 Å². The molecule has 21 heteroatoms. The molecule has 0 heterocycles. The van der Waals surface area contributed by atoms with E-state index in [1.54, 1.807) is 42.2 Å². The van der Waals surface area contributed by atoms with E-state index in [2.05, 4.69) is 48.8 Å². The van der Waals surface area contributed by atoms with E-state index in [4.69, 9.17) is 57.3 Å². The standard InChI is InChI=1S/C22H46O6S6.C6H14O2S2.C3H6O2.2ClH.Zn/c1-29-16-10-23-4-7-26-13-19-32-22(33-20-14-27-8-5-24-11-17-30-2)34-21-15-28-9-6-25-12-18-31-3;9-5-3-7-1-2-8-4-6-10;1-2-5-3-4;;;/h22H,4-21H2,1-3H3;9-10H,1-6H2;3H,2H2,1H3;2*1H;/q;;;;;+2/p-2. The Morgan fingerprint density at radius 2 is 0.750 bits per heavy atom. The molecule has 0 rings (SSSR count). The van der Waals surface area contributed by atoms with Gasteiger partial charge in [0.15, 0.2) is 0 Å². The van der Waals surface area contributed by atoms with Crippen LogP contribution in [0.15, 0.2) is 0 Å². The third kappa shape index (κ3) is 70.9. The molecule has 0 saturated heterocycles. The van der Waals surface area contributed by atoms with Gasteiger partial charge in [0.1, 0.15) is 0 Å². The Labute approximate surface area is 368 Å². The number of thioether (sulfide) groups is 6. The van der Waals surface area contributed by atoms with Gasteiger partial charge in [0.05, 0.1) is 116 Å². The quantitative estimate of drug-likeness (QED) is 0.0216. The first-order valence-electron chi connectivity index (χ1n) is 16.9. The molecule has 0 saturated carbocycles. The summed E-state index contributed by atoms with van der Waals surface area (Å²) in [6, 6.07) is 0. The minimum atomic E-state index is -0.931. The minimum absolute atomic E-state index is 0.431. The second-order valence-electron chi connectivity index (χ2n) is 8.88. The van der Waals surface area contributed by atoms with E-state index >= 15 is 0 Å². The summed E-state index contributed by atoms with van der Waals surface area (Å²) in [5.74, 6) is 7.58. The molecule has 0 spiro atoms. The normalized spacial score (nSPS) is 10.4. The molecule has 52 heavy (non-hydrogen) atoms. The zero-order chi connectivity index (χ0) is 39.3. The monoisotopic (exact) mass is 988 g/mol. The molecule has 314 valence electrons. The fraction of sp³-hybridized carbons (Fsp3) is 0.968. The van der Waals surface area contributed by atoms with Gasteiger partial charge in [-0.3, -0.25) is 4.79 Å². The summed E-state index contributed by atoms with van der Waals surface area (Å²) in [6.07, 6.45) is 6.27. The van der Waals surface area contributed by atoms with Gasteiger partial charge >= 0.3 is 34.5 Å². The molecule has 10 nitrogen and oxygen atoms in total. The molecular weight excluding hydrogens is 925 g/mol. The van der Waals surface area contributed by atoms with Gasteiger partial charge in [-0.2, -0.15) is 60.5 Å². The first-order valence-corrected chi connectivity index (χ1v) is 33.3. The summed E-state index contributed by atoms with van der Waals surface area (Å²) < 4.78 is 48.5. The predicted molar refractivity (Wildman–Crippen MR) is 240 cm³/mol. The first-order chi connectivity index (χ1) is 25.6. The average Bonchev–Trinajstić information content (AvgIpc) is 3.15. The molecule has 0 aliphatic heterocycles. The Hall–Kier alpha value is 3.15. The summed E-state index contributed by atoms with van der Waals surface area (Å²) in [4.78, 5) is 9.18. The summed E-state index contributed by atoms with van der Waals surface area (Å²) in [6.45, 7) is 14.1. The Morgan fingerprint density at radius 3 is 0.942 bits per heavy atom. The van der Waals surface area contributed by atoms with Crippen molar-refractivity contribution in [3.05, 3.63) is 0 Å². The number of carbonyl (C=O) groups is 1. The van der Waals surface area contributed by atoms with E-state index < -0.39 is 15.1 Å². The van der Waals surface area contributed by atoms with Crippen molar-refractivity contribution < 1.29 is 62.6 Å². The number of hydrogen-bond donors (Lipinski definition) is 2. The Balaban J connectivity index is -0.000000522. The van der Waals surface area contributed by atoms with Crippen LogP contribution in [0.25, 0.3) is 0 Å². The number of hydrogen-bond acceptors (Lipinski definition) is 18. The molecule has 0 N–H and O–H groups in total. The SMILES string of the molecule is CCOC=O.CSCCOCCOCCSC(SCCOCCOCCSC)SCCOCCOCCSC.SCCOCCOCCS.[Cl][Zn][Cl]. The van der Waals surface area contributed by atoms with Crippen molar-refractivity contribution in [2.75, 3.05) is 177 Å². The van der Waals surface area contributed by atoms with E-state index in [1.165, 1.54) is 0 Å². The van der Waals surface area contributed by atoms with Crippen LogP contribution >= 0.6 is 115 Å². The maximum absolute atomic E-state index is 9.18. The topological polar surface area (TPSA) is 100 Å². The molecule has 0 aliphatic rings. The Kier molecular flexibility index (Phi) is 78.4. The molecule has 0 amide bonds. The Bertz CT molecular complexity index is 543. The number of halogens is 2. The number of ether oxygens (including phenoxy) is 9. The summed E-state index contributed by atoms with van der Waals surface area (Å²) >= 11 is 18.3. The maximum atomic E-state index is 9.18. The third-order valence-electron chi connectivity index (χ3n) is 4.93. The molecule has 0 unspecified atom stereocenters. The average molecular weight is 992 g/mol. The van der Waals surface area contributed by atoms with Crippen LogP contribution in [0.5, 0.6) is 0 Å². The number of thiol groups is 2. The van der Waals surface area contributed by atoms with Gasteiger partial charge < -0.3 is 42.6 Å². The van der Waals surface area contributed by atoms with Crippen molar-refractivity contribution in [2.45, 2.75) is 10.8 Å². The predicted octanol–water partition coefficient (Wildman–Crippen LogP) is 7.09. The second kappa shape index (κ2) is 66.0. The number of carbonyl (C=O) groups excluding carboxylic acids is 1. The van der Waals surface area contributed by atoms with Crippen molar-refractivity contribution in [1.29, 1.82) is 0 Å². The Morgan fingerprint density at radius 1 is 0.500 bits per heavy atom. The molecule has 0 bridgehead atoms. The molecular formula is C31H66Cl2O10S8Zn. The van der Waals surface area contributed by atoms with Crippen LogP contribution in [-0.4, -0.2) is 187 Å². The zero-order valence-corrected chi connectivity index (χ0v) is 42.9. The molecule has 0 atom stereocenters. The van der Waals surface area contributed by atoms with E-state index in [0.29, 0.717) is 83.1 Å². The van der Waals surface area contributed by atoms with Crippen LogP contribution in [0.1, 0.15) is 6.92 Å². The first kappa shape index (κ1) is 61.8. The van der Waals surface area contributed by atoms with Crippen LogP contribution in [0.2, 0.25) is 0 Å². The van der Waals surface area contributed by atoms with Gasteiger partial charge in [0.2, 0.25) is 0 Å². The molecule has 0 aliphatic carbocycles. The second-order valence-corrected chi connectivity index (χ2v) is 21.9. The van der Waals surface area contributed by atoms with Crippen LogP contribution in [0, 0.1) is 0 Å². The van der Waals surface area contributed by atoms with Crippen LogP contribution < -0.4 is 0 Å². The van der Waals surface area contributed by atoms with Crippen molar-refractivity contribution in [1.82, 2.24) is 0 Å². The van der Waals surface area contributed by atoms with Crippen LogP contribution in [-0.2, 0) is 62.6 Å².